The van der Waals surface area contributed by atoms with Crippen LogP contribution in [0.15, 0.2) is 11.4 Å². The van der Waals surface area contributed by atoms with Gasteiger partial charge in [0.2, 0.25) is 0 Å². The van der Waals surface area contributed by atoms with Crippen molar-refractivity contribution >= 4 is 23.3 Å². The van der Waals surface area contributed by atoms with Crippen molar-refractivity contribution in [2.24, 2.45) is 5.92 Å². The van der Waals surface area contributed by atoms with Gasteiger partial charge in [0.1, 0.15) is 5.75 Å². The van der Waals surface area contributed by atoms with Crippen molar-refractivity contribution in [2.45, 2.75) is 26.2 Å². The maximum Gasteiger partial charge on any atom is 0.311 e. The van der Waals surface area contributed by atoms with Gasteiger partial charge >= 0.3 is 11.9 Å². The molecule has 5 heteroatoms. The van der Waals surface area contributed by atoms with Crippen LogP contribution in [0.5, 0.6) is 5.75 Å². The Labute approximate surface area is 111 Å². The number of ether oxygens (including phenoxy) is 2. The number of methoxy groups -OCH3 is 1. The minimum atomic E-state index is -0.424. The first-order valence-corrected chi connectivity index (χ1v) is 6.57. The molecule has 0 saturated heterocycles. The largest absolute Gasteiger partial charge is 0.469 e. The molecule has 0 fully saturated rings. The Kier molecular flexibility index (Phi) is 5.85. The number of thiophene rings is 1. The van der Waals surface area contributed by atoms with Crippen LogP contribution in [-0.4, -0.2) is 19.0 Å². The van der Waals surface area contributed by atoms with E-state index in [1.165, 1.54) is 18.4 Å². The minimum absolute atomic E-state index is 0.0313. The number of rotatable bonds is 6. The Balaban J connectivity index is 2.40. The fourth-order valence-corrected chi connectivity index (χ4v) is 2.30. The summed E-state index contributed by atoms with van der Waals surface area (Å²) < 4.78 is 9.56. The molecule has 0 saturated carbocycles. The van der Waals surface area contributed by atoms with Gasteiger partial charge in [0, 0.05) is 10.3 Å². The highest BCUT2D eigenvalue weighted by molar-refractivity contribution is 7.10. The lowest BCUT2D eigenvalue weighted by atomic mass is 10.1. The van der Waals surface area contributed by atoms with E-state index >= 15 is 0 Å². The predicted molar refractivity (Wildman–Crippen MR) is 69.4 cm³/mol. The van der Waals surface area contributed by atoms with Gasteiger partial charge in [-0.05, 0) is 18.4 Å². The maximum atomic E-state index is 11.4. The van der Waals surface area contributed by atoms with Gasteiger partial charge in [0.25, 0.3) is 0 Å². The molecule has 1 aromatic heterocycles. The predicted octanol–water partition coefficient (Wildman–Crippen LogP) is 2.62. The number of hydrogen-bond donors (Lipinski definition) is 0. The van der Waals surface area contributed by atoms with Crippen molar-refractivity contribution in [3.63, 3.8) is 0 Å². The van der Waals surface area contributed by atoms with Crippen LogP contribution in [0.4, 0.5) is 0 Å². The number of hydrogen-bond acceptors (Lipinski definition) is 5. The summed E-state index contributed by atoms with van der Waals surface area (Å²) in [6.07, 6.45) is 0.941. The van der Waals surface area contributed by atoms with Crippen molar-refractivity contribution in [1.29, 1.82) is 0 Å². The van der Waals surface area contributed by atoms with E-state index in [2.05, 4.69) is 11.7 Å². The van der Waals surface area contributed by atoms with Gasteiger partial charge in [-0.15, -0.1) is 11.3 Å². The molecule has 1 aromatic rings. The molecular formula is C13H17O4S. The Hall–Kier alpha value is -1.36. The van der Waals surface area contributed by atoms with Gasteiger partial charge in [0.05, 0.1) is 20.0 Å². The molecule has 0 bridgehead atoms. The van der Waals surface area contributed by atoms with Crippen molar-refractivity contribution in [1.82, 2.24) is 0 Å². The molecule has 0 aliphatic carbocycles. The summed E-state index contributed by atoms with van der Waals surface area (Å²) in [4.78, 5) is 23.4. The molecule has 1 unspecified atom stereocenters. The van der Waals surface area contributed by atoms with Crippen LogP contribution in [-0.2, 0) is 20.7 Å². The molecule has 0 N–H and O–H groups in total. The van der Waals surface area contributed by atoms with Gasteiger partial charge in [-0.1, -0.05) is 13.8 Å². The fraction of sp³-hybridized carbons (Fsp3) is 0.462. The molecular weight excluding hydrogens is 252 g/mol. The van der Waals surface area contributed by atoms with Crippen molar-refractivity contribution in [3.8, 4) is 5.75 Å². The van der Waals surface area contributed by atoms with E-state index in [4.69, 9.17) is 4.74 Å². The highest BCUT2D eigenvalue weighted by Crippen LogP contribution is 2.24. The average Bonchev–Trinajstić information content (AvgIpc) is 2.72. The molecule has 18 heavy (non-hydrogen) atoms. The van der Waals surface area contributed by atoms with Crippen molar-refractivity contribution in [2.75, 3.05) is 7.11 Å². The van der Waals surface area contributed by atoms with E-state index < -0.39 is 11.9 Å². The molecule has 0 amide bonds. The van der Waals surface area contributed by atoms with E-state index in [1.54, 1.807) is 5.38 Å². The molecule has 0 aromatic carbocycles. The lowest BCUT2D eigenvalue weighted by molar-refractivity contribution is -0.144. The third-order valence-electron chi connectivity index (χ3n) is 2.17. The van der Waals surface area contributed by atoms with Crippen molar-refractivity contribution < 1.29 is 19.1 Å². The normalized spacial score (nSPS) is 10.4. The van der Waals surface area contributed by atoms with Crippen LogP contribution in [0.1, 0.15) is 24.6 Å². The lowest BCUT2D eigenvalue weighted by Crippen LogP contribution is -2.10. The van der Waals surface area contributed by atoms with E-state index in [9.17, 15) is 9.59 Å². The van der Waals surface area contributed by atoms with E-state index in [1.807, 2.05) is 13.0 Å². The summed E-state index contributed by atoms with van der Waals surface area (Å²) in [5, 5.41) is 1.79. The number of esters is 2. The van der Waals surface area contributed by atoms with Crippen LogP contribution in [0, 0.1) is 12.8 Å². The minimum Gasteiger partial charge on any atom is -0.469 e. The van der Waals surface area contributed by atoms with Gasteiger partial charge in [-0.25, -0.2) is 0 Å². The molecule has 4 nitrogen and oxygen atoms in total. The summed E-state index contributed by atoms with van der Waals surface area (Å²) in [5.41, 5.74) is 0. The second-order valence-corrected chi connectivity index (χ2v) is 5.10. The average molecular weight is 269 g/mol. The van der Waals surface area contributed by atoms with Crippen LogP contribution in [0.3, 0.4) is 0 Å². The third kappa shape index (κ3) is 5.31. The second-order valence-electron chi connectivity index (χ2n) is 4.11. The smallest absolute Gasteiger partial charge is 0.311 e. The van der Waals surface area contributed by atoms with Gasteiger partial charge < -0.3 is 9.47 Å². The lowest BCUT2D eigenvalue weighted by Gasteiger charge is -2.01. The third-order valence-corrected chi connectivity index (χ3v) is 3.11. The van der Waals surface area contributed by atoms with E-state index in [0.717, 1.165) is 11.3 Å². The molecule has 1 rings (SSSR count). The molecule has 0 aliphatic rings. The van der Waals surface area contributed by atoms with Gasteiger partial charge in [-0.2, -0.15) is 0 Å². The van der Waals surface area contributed by atoms with E-state index in [0.29, 0.717) is 11.7 Å². The first-order chi connectivity index (χ1) is 8.51. The van der Waals surface area contributed by atoms with Crippen LogP contribution < -0.4 is 4.74 Å². The van der Waals surface area contributed by atoms with Crippen LogP contribution >= 0.6 is 11.3 Å². The second kappa shape index (κ2) is 7.16. The molecule has 0 spiro atoms. The molecule has 1 heterocycles. The topological polar surface area (TPSA) is 52.6 Å². The Morgan fingerprint density at radius 3 is 2.67 bits per heavy atom. The monoisotopic (exact) mass is 269 g/mol. The Morgan fingerprint density at radius 1 is 1.39 bits per heavy atom. The van der Waals surface area contributed by atoms with E-state index in [-0.39, 0.29) is 12.8 Å². The first-order valence-electron chi connectivity index (χ1n) is 5.69. The number of carbonyl (C=O) groups is 2. The molecule has 99 valence electrons. The quantitative estimate of drug-likeness (QED) is 0.745. The fourth-order valence-electron chi connectivity index (χ4n) is 1.35. The summed E-state index contributed by atoms with van der Waals surface area (Å²) in [7, 11) is 1.29. The van der Waals surface area contributed by atoms with Gasteiger partial charge in [-0.3, -0.25) is 9.59 Å². The maximum absolute atomic E-state index is 11.4. The Bertz CT molecular complexity index is 409. The zero-order valence-electron chi connectivity index (χ0n) is 10.6. The number of carbonyl (C=O) groups excluding carboxylic acids is 2. The summed E-state index contributed by atoms with van der Waals surface area (Å²) in [6.45, 7) is 5.94. The molecule has 0 aliphatic heterocycles. The van der Waals surface area contributed by atoms with Crippen LogP contribution in [0.2, 0.25) is 0 Å². The summed E-state index contributed by atoms with van der Waals surface area (Å²) in [5.74, 6) is 0.0216. The van der Waals surface area contributed by atoms with Gasteiger partial charge in [0.15, 0.2) is 0 Å². The zero-order valence-corrected chi connectivity index (χ0v) is 11.4. The summed E-state index contributed by atoms with van der Waals surface area (Å²) in [6, 6.07) is 1.84. The SMILES string of the molecule is [CH2]C(C)Cc1cc(OC(=O)CCC(=O)OC)cs1. The van der Waals surface area contributed by atoms with Crippen LogP contribution in [0.25, 0.3) is 0 Å². The highest BCUT2D eigenvalue weighted by atomic mass is 32.1. The zero-order chi connectivity index (χ0) is 13.5. The highest BCUT2D eigenvalue weighted by Gasteiger charge is 2.10. The Morgan fingerprint density at radius 2 is 2.06 bits per heavy atom. The first kappa shape index (κ1) is 14.7. The molecule has 1 radical (unpaired) electrons. The molecule has 1 atom stereocenters. The van der Waals surface area contributed by atoms with Crippen molar-refractivity contribution in [3.05, 3.63) is 23.2 Å². The summed E-state index contributed by atoms with van der Waals surface area (Å²) >= 11 is 1.54. The standard InChI is InChI=1S/C13H17O4S/c1-9(2)6-11-7-10(8-18-11)17-13(15)5-4-12(14)16-3/h7-9H,1,4-6H2,2-3H3.